The second-order valence-electron chi connectivity index (χ2n) is 10.4. The summed E-state index contributed by atoms with van der Waals surface area (Å²) in [6, 6.07) is 11.3. The standard InChI is InChI=1S/C28H36F3N5O3S.CH4/c1-3-39-24-7-5-23(6-8-24)34-14-10-20(11-15-34)19-33(2)27(40)35-16-12-21(13-17-35)32-22-4-9-26(36(37)38)25(18-22)28(29,30)31;/h4-9,18,20-21,32H,3,10-17,19H2,1-2H3;1H4. The van der Waals surface area contributed by atoms with E-state index >= 15 is 0 Å². The van der Waals surface area contributed by atoms with Crippen molar-refractivity contribution >= 4 is 34.4 Å². The number of piperidine rings is 2. The first-order valence-electron chi connectivity index (χ1n) is 13.6. The summed E-state index contributed by atoms with van der Waals surface area (Å²) in [6.45, 7) is 6.89. The number of ether oxygens (including phenoxy) is 1. The van der Waals surface area contributed by atoms with Crippen molar-refractivity contribution in [2.45, 2.75) is 52.3 Å². The van der Waals surface area contributed by atoms with Crippen LogP contribution in [0.25, 0.3) is 0 Å². The first-order valence-corrected chi connectivity index (χ1v) is 14.1. The highest BCUT2D eigenvalue weighted by molar-refractivity contribution is 7.80. The van der Waals surface area contributed by atoms with Crippen LogP contribution in [0.5, 0.6) is 5.75 Å². The maximum absolute atomic E-state index is 13.3. The minimum atomic E-state index is -4.80. The lowest BCUT2D eigenvalue weighted by atomic mass is 9.96. The summed E-state index contributed by atoms with van der Waals surface area (Å²) in [5, 5.41) is 14.9. The van der Waals surface area contributed by atoms with Crippen molar-refractivity contribution in [2.75, 3.05) is 56.6 Å². The Bertz CT molecular complexity index is 1170. The van der Waals surface area contributed by atoms with E-state index in [1.807, 2.05) is 26.1 Å². The lowest BCUT2D eigenvalue weighted by Gasteiger charge is -2.40. The number of benzene rings is 2. The van der Waals surface area contributed by atoms with E-state index in [4.69, 9.17) is 17.0 Å². The molecule has 2 aliphatic rings. The second-order valence-corrected chi connectivity index (χ2v) is 10.8. The van der Waals surface area contributed by atoms with Gasteiger partial charge in [0.05, 0.1) is 11.5 Å². The van der Waals surface area contributed by atoms with E-state index < -0.39 is 22.4 Å². The van der Waals surface area contributed by atoms with E-state index in [-0.39, 0.29) is 19.2 Å². The fraction of sp³-hybridized carbons (Fsp3) is 0.552. The van der Waals surface area contributed by atoms with E-state index in [9.17, 15) is 23.3 Å². The highest BCUT2D eigenvalue weighted by atomic mass is 32.1. The Hall–Kier alpha value is -3.28. The van der Waals surface area contributed by atoms with E-state index in [0.717, 1.165) is 55.5 Å². The summed E-state index contributed by atoms with van der Waals surface area (Å²) in [7, 11) is 2.03. The smallest absolute Gasteiger partial charge is 0.423 e. The summed E-state index contributed by atoms with van der Waals surface area (Å²) < 4.78 is 45.5. The summed E-state index contributed by atoms with van der Waals surface area (Å²) in [6.07, 6.45) is -1.23. The molecule has 12 heteroatoms. The number of likely N-dealkylation sites (tertiary alicyclic amines) is 1. The Labute approximate surface area is 245 Å². The van der Waals surface area contributed by atoms with Gasteiger partial charge in [-0.1, -0.05) is 7.43 Å². The van der Waals surface area contributed by atoms with E-state index in [2.05, 4.69) is 32.1 Å². The van der Waals surface area contributed by atoms with Gasteiger partial charge < -0.3 is 24.8 Å². The van der Waals surface area contributed by atoms with Crippen LogP contribution >= 0.6 is 12.2 Å². The number of nitro benzene ring substituents is 1. The number of nitro groups is 1. The predicted octanol–water partition coefficient (Wildman–Crippen LogP) is 6.66. The molecular formula is C29H40F3N5O3S. The monoisotopic (exact) mass is 595 g/mol. The van der Waals surface area contributed by atoms with Crippen molar-refractivity contribution in [3.05, 3.63) is 58.1 Å². The molecule has 1 N–H and O–H groups in total. The molecule has 2 aromatic carbocycles. The van der Waals surface area contributed by atoms with Gasteiger partial charge >= 0.3 is 6.18 Å². The highest BCUT2D eigenvalue weighted by Crippen LogP contribution is 2.38. The van der Waals surface area contributed by atoms with Gasteiger partial charge in [-0.15, -0.1) is 0 Å². The molecule has 0 radical (unpaired) electrons. The third kappa shape index (κ3) is 8.37. The third-order valence-corrected chi connectivity index (χ3v) is 8.19. The molecule has 0 amide bonds. The number of nitrogens with zero attached hydrogens (tertiary/aromatic N) is 4. The normalized spacial score (nSPS) is 16.6. The number of rotatable bonds is 8. The predicted molar refractivity (Wildman–Crippen MR) is 161 cm³/mol. The van der Waals surface area contributed by atoms with Crippen molar-refractivity contribution in [2.24, 2.45) is 5.92 Å². The van der Waals surface area contributed by atoms with Crippen LogP contribution in [0.3, 0.4) is 0 Å². The van der Waals surface area contributed by atoms with Crippen molar-refractivity contribution in [1.29, 1.82) is 0 Å². The molecule has 0 aromatic heterocycles. The molecule has 226 valence electrons. The van der Waals surface area contributed by atoms with Crippen LogP contribution in [0.15, 0.2) is 42.5 Å². The van der Waals surface area contributed by atoms with Gasteiger partial charge in [-0.25, -0.2) is 0 Å². The molecule has 2 aromatic rings. The number of hydrogen-bond donors (Lipinski definition) is 1. The van der Waals surface area contributed by atoms with Crippen molar-refractivity contribution in [1.82, 2.24) is 9.80 Å². The molecule has 0 aliphatic carbocycles. The van der Waals surface area contributed by atoms with Gasteiger partial charge in [0.2, 0.25) is 0 Å². The average molecular weight is 596 g/mol. The molecule has 0 saturated carbocycles. The van der Waals surface area contributed by atoms with Crippen LogP contribution in [0.4, 0.5) is 30.2 Å². The zero-order valence-corrected chi connectivity index (χ0v) is 23.6. The highest BCUT2D eigenvalue weighted by Gasteiger charge is 2.38. The number of halogens is 3. The Morgan fingerprint density at radius 3 is 2.29 bits per heavy atom. The minimum absolute atomic E-state index is 0. The molecule has 4 rings (SSSR count). The van der Waals surface area contributed by atoms with E-state index in [0.29, 0.717) is 38.5 Å². The largest absolute Gasteiger partial charge is 0.494 e. The van der Waals surface area contributed by atoms with Crippen molar-refractivity contribution in [3.8, 4) is 5.75 Å². The van der Waals surface area contributed by atoms with Crippen molar-refractivity contribution < 1.29 is 22.8 Å². The average Bonchev–Trinajstić information content (AvgIpc) is 2.93. The molecule has 0 unspecified atom stereocenters. The van der Waals surface area contributed by atoms with Gasteiger partial charge in [0.1, 0.15) is 11.3 Å². The summed E-state index contributed by atoms with van der Waals surface area (Å²) >= 11 is 5.78. The van der Waals surface area contributed by atoms with Crippen LogP contribution in [-0.2, 0) is 6.18 Å². The maximum Gasteiger partial charge on any atom is 0.423 e. The fourth-order valence-electron chi connectivity index (χ4n) is 5.46. The Kier molecular flexibility index (Phi) is 11.1. The number of hydrogen-bond acceptors (Lipinski definition) is 6. The Balaban J connectivity index is 0.00000462. The van der Waals surface area contributed by atoms with Crippen LogP contribution in [0, 0.1) is 16.0 Å². The molecule has 41 heavy (non-hydrogen) atoms. The van der Waals surface area contributed by atoms with Crippen LogP contribution in [0.1, 0.15) is 45.6 Å². The second kappa shape index (κ2) is 14.1. The first kappa shape index (κ1) is 32.2. The minimum Gasteiger partial charge on any atom is -0.494 e. The van der Waals surface area contributed by atoms with Gasteiger partial charge in [-0.3, -0.25) is 10.1 Å². The van der Waals surface area contributed by atoms with Crippen LogP contribution < -0.4 is 15.0 Å². The number of alkyl halides is 3. The molecule has 2 fully saturated rings. The summed E-state index contributed by atoms with van der Waals surface area (Å²) in [4.78, 5) is 16.7. The Morgan fingerprint density at radius 1 is 1.10 bits per heavy atom. The molecular weight excluding hydrogens is 555 g/mol. The first-order chi connectivity index (χ1) is 19.0. The van der Waals surface area contributed by atoms with Crippen molar-refractivity contribution in [3.63, 3.8) is 0 Å². The van der Waals surface area contributed by atoms with Gasteiger partial charge in [-0.05, 0) is 87.1 Å². The summed E-state index contributed by atoms with van der Waals surface area (Å²) in [5.41, 5.74) is -0.741. The maximum atomic E-state index is 13.3. The molecule has 0 atom stereocenters. The zero-order chi connectivity index (χ0) is 28.9. The summed E-state index contributed by atoms with van der Waals surface area (Å²) in [5.74, 6) is 1.43. The Morgan fingerprint density at radius 2 is 1.73 bits per heavy atom. The quantitative estimate of drug-likeness (QED) is 0.206. The van der Waals surface area contributed by atoms with Crippen LogP contribution in [0.2, 0.25) is 0 Å². The van der Waals surface area contributed by atoms with Crippen LogP contribution in [-0.4, -0.2) is 72.3 Å². The molecule has 2 saturated heterocycles. The SMILES string of the molecule is C.CCOc1ccc(N2CCC(CN(C)C(=S)N3CCC(Nc4ccc([N+](=O)[O-])c(C(F)(F)F)c4)CC3)CC2)cc1. The van der Waals surface area contributed by atoms with Gasteiger partial charge in [0, 0.05) is 63.3 Å². The van der Waals surface area contributed by atoms with E-state index in [1.165, 1.54) is 11.8 Å². The third-order valence-electron chi connectivity index (χ3n) is 7.62. The van der Waals surface area contributed by atoms with E-state index in [1.54, 1.807) is 0 Å². The number of thiocarbonyl (C=S) groups is 1. The number of nitrogens with one attached hydrogen (secondary N) is 1. The zero-order valence-electron chi connectivity index (χ0n) is 22.8. The topological polar surface area (TPSA) is 74.1 Å². The molecule has 2 aliphatic heterocycles. The lowest BCUT2D eigenvalue weighted by Crippen LogP contribution is -2.49. The van der Waals surface area contributed by atoms with Gasteiger partial charge in [-0.2, -0.15) is 13.2 Å². The number of anilines is 2. The van der Waals surface area contributed by atoms with Gasteiger partial charge in [0.15, 0.2) is 5.11 Å². The fourth-order valence-corrected chi connectivity index (χ4v) is 5.72. The van der Waals surface area contributed by atoms with Gasteiger partial charge in [0.25, 0.3) is 5.69 Å². The molecule has 0 spiro atoms. The molecule has 8 nitrogen and oxygen atoms in total. The lowest BCUT2D eigenvalue weighted by molar-refractivity contribution is -0.388. The molecule has 2 heterocycles. The molecule has 0 bridgehead atoms.